The zero-order valence-corrected chi connectivity index (χ0v) is 11.5. The van der Waals surface area contributed by atoms with Crippen LogP contribution < -0.4 is 5.32 Å². The number of benzene rings is 1. The topological polar surface area (TPSA) is 74.5 Å². The number of anilines is 1. The highest BCUT2D eigenvalue weighted by molar-refractivity contribution is 5.93. The fourth-order valence-corrected chi connectivity index (χ4v) is 2.11. The van der Waals surface area contributed by atoms with Gasteiger partial charge in [-0.05, 0) is 13.0 Å². The van der Waals surface area contributed by atoms with E-state index < -0.39 is 0 Å². The van der Waals surface area contributed by atoms with Crippen molar-refractivity contribution >= 4 is 16.6 Å². The summed E-state index contributed by atoms with van der Waals surface area (Å²) in [6, 6.07) is 9.91. The van der Waals surface area contributed by atoms with Crippen molar-refractivity contribution in [3.8, 4) is 6.07 Å². The van der Waals surface area contributed by atoms with Gasteiger partial charge in [0, 0.05) is 17.8 Å². The van der Waals surface area contributed by atoms with Crippen molar-refractivity contribution < 1.29 is 0 Å². The minimum absolute atomic E-state index is 0.510. The first-order valence-electron chi connectivity index (χ1n) is 6.57. The van der Waals surface area contributed by atoms with Gasteiger partial charge in [-0.3, -0.25) is 15.0 Å². The number of aryl methyl sites for hydroxylation is 1. The highest BCUT2D eigenvalue weighted by Gasteiger charge is 2.08. The van der Waals surface area contributed by atoms with Crippen LogP contribution in [0.15, 0.2) is 42.9 Å². The van der Waals surface area contributed by atoms with E-state index in [1.807, 2.05) is 31.2 Å². The van der Waals surface area contributed by atoms with Crippen molar-refractivity contribution in [2.75, 3.05) is 5.32 Å². The summed E-state index contributed by atoms with van der Waals surface area (Å²) in [6.45, 7) is 2.41. The van der Waals surface area contributed by atoms with Crippen molar-refractivity contribution in [1.82, 2.24) is 15.0 Å². The quantitative estimate of drug-likeness (QED) is 0.795. The Morgan fingerprint density at radius 1 is 1.10 bits per heavy atom. The van der Waals surface area contributed by atoms with Crippen molar-refractivity contribution in [2.24, 2.45) is 0 Å². The molecule has 2 heterocycles. The fourth-order valence-electron chi connectivity index (χ4n) is 2.11. The largest absolute Gasteiger partial charge is 0.378 e. The maximum Gasteiger partial charge on any atom is 0.103 e. The van der Waals surface area contributed by atoms with Gasteiger partial charge in [-0.25, -0.2) is 0 Å². The normalized spacial score (nSPS) is 10.3. The Hall–Kier alpha value is -3.00. The van der Waals surface area contributed by atoms with Crippen molar-refractivity contribution in [2.45, 2.75) is 13.5 Å². The minimum atomic E-state index is 0.510. The molecule has 0 spiro atoms. The van der Waals surface area contributed by atoms with Crippen molar-refractivity contribution in [3.05, 3.63) is 59.8 Å². The minimum Gasteiger partial charge on any atom is -0.378 e. The molecule has 0 aliphatic heterocycles. The number of hydrogen-bond donors (Lipinski definition) is 1. The molecule has 0 amide bonds. The molecule has 0 atom stereocenters. The predicted octanol–water partition coefficient (Wildman–Crippen LogP) is 2.82. The summed E-state index contributed by atoms with van der Waals surface area (Å²) in [4.78, 5) is 12.8. The second-order valence-electron chi connectivity index (χ2n) is 4.68. The molecule has 0 saturated carbocycles. The summed E-state index contributed by atoms with van der Waals surface area (Å²) >= 11 is 0. The van der Waals surface area contributed by atoms with Crippen molar-refractivity contribution in [1.29, 1.82) is 5.26 Å². The lowest BCUT2D eigenvalue weighted by molar-refractivity contribution is 0.985. The van der Waals surface area contributed by atoms with Crippen LogP contribution in [0.25, 0.3) is 10.9 Å². The van der Waals surface area contributed by atoms with Crippen LogP contribution in [0.1, 0.15) is 17.0 Å². The van der Waals surface area contributed by atoms with Gasteiger partial charge in [0.2, 0.25) is 0 Å². The molecule has 1 aromatic carbocycles. The fraction of sp³-hybridized carbons (Fsp3) is 0.125. The second-order valence-corrected chi connectivity index (χ2v) is 4.68. The molecular weight excluding hydrogens is 262 g/mol. The molecule has 0 aliphatic carbocycles. The summed E-state index contributed by atoms with van der Waals surface area (Å²) in [6.07, 6.45) is 5.05. The molecule has 5 heteroatoms. The van der Waals surface area contributed by atoms with Crippen LogP contribution in [0.4, 0.5) is 5.69 Å². The lowest BCUT2D eigenvalue weighted by Crippen LogP contribution is -2.05. The van der Waals surface area contributed by atoms with E-state index >= 15 is 0 Å². The third-order valence-electron chi connectivity index (χ3n) is 3.18. The van der Waals surface area contributed by atoms with Gasteiger partial charge in [-0.15, -0.1) is 0 Å². The number of para-hydroxylation sites is 1. The van der Waals surface area contributed by atoms with E-state index in [1.165, 1.54) is 0 Å². The first-order chi connectivity index (χ1) is 10.3. The monoisotopic (exact) mass is 275 g/mol. The Bertz CT molecular complexity index is 818. The van der Waals surface area contributed by atoms with Crippen LogP contribution in [-0.4, -0.2) is 15.0 Å². The zero-order valence-electron chi connectivity index (χ0n) is 11.5. The number of fused-ring (bicyclic) bond motifs is 1. The average Bonchev–Trinajstić information content (AvgIpc) is 2.54. The maximum atomic E-state index is 9.25. The number of hydrogen-bond acceptors (Lipinski definition) is 5. The number of pyridine rings is 1. The van der Waals surface area contributed by atoms with E-state index in [4.69, 9.17) is 0 Å². The van der Waals surface area contributed by atoms with Crippen LogP contribution in [0.2, 0.25) is 0 Å². The molecule has 3 aromatic rings. The van der Waals surface area contributed by atoms with E-state index in [1.54, 1.807) is 18.6 Å². The zero-order chi connectivity index (χ0) is 14.7. The molecule has 0 bridgehead atoms. The average molecular weight is 275 g/mol. The summed E-state index contributed by atoms with van der Waals surface area (Å²) in [7, 11) is 0. The van der Waals surface area contributed by atoms with Gasteiger partial charge >= 0.3 is 0 Å². The van der Waals surface area contributed by atoms with Gasteiger partial charge in [0.05, 0.1) is 40.9 Å². The van der Waals surface area contributed by atoms with E-state index in [2.05, 4.69) is 26.3 Å². The first kappa shape index (κ1) is 13.0. The maximum absolute atomic E-state index is 9.25. The van der Waals surface area contributed by atoms with Crippen LogP contribution in [0, 0.1) is 18.3 Å². The molecule has 3 rings (SSSR count). The highest BCUT2D eigenvalue weighted by Crippen LogP contribution is 2.25. The van der Waals surface area contributed by atoms with Gasteiger partial charge in [0.1, 0.15) is 6.07 Å². The van der Waals surface area contributed by atoms with E-state index in [-0.39, 0.29) is 0 Å². The number of nitrogens with one attached hydrogen (secondary N) is 1. The number of nitrogens with zero attached hydrogens (tertiary/aromatic N) is 4. The molecule has 0 saturated heterocycles. The van der Waals surface area contributed by atoms with Gasteiger partial charge in [-0.1, -0.05) is 18.2 Å². The lowest BCUT2D eigenvalue weighted by atomic mass is 10.1. The SMILES string of the molecule is Cc1cnc(CNc2c(C#N)cnc3ccccc23)cn1. The molecule has 1 N–H and O–H groups in total. The van der Waals surface area contributed by atoms with Gasteiger partial charge in [0.15, 0.2) is 0 Å². The van der Waals surface area contributed by atoms with Crippen LogP contribution in [0.5, 0.6) is 0 Å². The van der Waals surface area contributed by atoms with E-state index in [0.717, 1.165) is 28.0 Å². The molecular formula is C16H13N5. The summed E-state index contributed by atoms with van der Waals surface area (Å²) in [5.74, 6) is 0. The summed E-state index contributed by atoms with van der Waals surface area (Å²) < 4.78 is 0. The van der Waals surface area contributed by atoms with Crippen LogP contribution in [-0.2, 0) is 6.54 Å². The highest BCUT2D eigenvalue weighted by atomic mass is 14.9. The molecule has 21 heavy (non-hydrogen) atoms. The Balaban J connectivity index is 1.95. The summed E-state index contributed by atoms with van der Waals surface area (Å²) in [5.41, 5.74) is 3.87. The standard InChI is InChI=1S/C16H13N5/c1-11-7-19-13(9-18-11)10-21-16-12(6-17)8-20-15-5-3-2-4-14(15)16/h2-5,7-9H,10H2,1H3,(H,20,21). The third kappa shape index (κ3) is 2.65. The molecule has 5 nitrogen and oxygen atoms in total. The number of rotatable bonds is 3. The predicted molar refractivity (Wildman–Crippen MR) is 80.6 cm³/mol. The second kappa shape index (κ2) is 5.55. The molecule has 0 unspecified atom stereocenters. The first-order valence-corrected chi connectivity index (χ1v) is 6.57. The Morgan fingerprint density at radius 2 is 1.95 bits per heavy atom. The van der Waals surface area contributed by atoms with Gasteiger partial charge < -0.3 is 5.32 Å². The van der Waals surface area contributed by atoms with Gasteiger partial charge in [-0.2, -0.15) is 5.26 Å². The summed E-state index contributed by atoms with van der Waals surface area (Å²) in [5, 5.41) is 13.5. The molecule has 2 aromatic heterocycles. The van der Waals surface area contributed by atoms with Crippen molar-refractivity contribution in [3.63, 3.8) is 0 Å². The lowest BCUT2D eigenvalue weighted by Gasteiger charge is -2.10. The molecule has 102 valence electrons. The molecule has 0 aliphatic rings. The molecule has 0 fully saturated rings. The number of nitriles is 1. The Kier molecular flexibility index (Phi) is 3.44. The Morgan fingerprint density at radius 3 is 2.71 bits per heavy atom. The van der Waals surface area contributed by atoms with Crippen LogP contribution in [0.3, 0.4) is 0 Å². The third-order valence-corrected chi connectivity index (χ3v) is 3.18. The van der Waals surface area contributed by atoms with Crippen LogP contribution >= 0.6 is 0 Å². The smallest absolute Gasteiger partial charge is 0.103 e. The van der Waals surface area contributed by atoms with E-state index in [0.29, 0.717) is 12.1 Å². The van der Waals surface area contributed by atoms with E-state index in [9.17, 15) is 5.26 Å². The van der Waals surface area contributed by atoms with Gasteiger partial charge in [0.25, 0.3) is 0 Å². The Labute approximate surface area is 122 Å². The molecule has 0 radical (unpaired) electrons. The number of aromatic nitrogens is 3.